The van der Waals surface area contributed by atoms with Crippen molar-refractivity contribution in [3.05, 3.63) is 58.4 Å². The van der Waals surface area contributed by atoms with Gasteiger partial charge in [-0.25, -0.2) is 0 Å². The number of hydrogen-bond donors (Lipinski definition) is 1. The SMILES string of the molecule is COc1ccc(N2C[C@H](C(=O)Nc3ccc(F)c([N+](=O)[O-])c3)CC2=O)cc1. The number of nitro benzene ring substituents is 1. The molecule has 1 N–H and O–H groups in total. The third-order valence-corrected chi connectivity index (χ3v) is 4.29. The number of nitrogens with zero attached hydrogens (tertiary/aromatic N) is 2. The standard InChI is InChI=1S/C18H16FN3O5/c1-27-14-5-3-13(4-6-14)21-10-11(8-17(21)23)18(24)20-12-2-7-15(19)16(9-12)22(25)26/h2-7,9,11H,8,10H2,1H3,(H,20,24)/t11-/m1/s1. The van der Waals surface area contributed by atoms with Crippen LogP contribution < -0.4 is 15.0 Å². The average Bonchev–Trinajstić information content (AvgIpc) is 3.05. The van der Waals surface area contributed by atoms with Crippen LogP contribution in [-0.4, -0.2) is 30.4 Å². The van der Waals surface area contributed by atoms with E-state index in [4.69, 9.17) is 4.74 Å². The first-order valence-corrected chi connectivity index (χ1v) is 8.08. The van der Waals surface area contributed by atoms with Crippen molar-refractivity contribution in [2.45, 2.75) is 6.42 Å². The second-order valence-corrected chi connectivity index (χ2v) is 6.02. The number of halogens is 1. The van der Waals surface area contributed by atoms with E-state index >= 15 is 0 Å². The molecule has 2 aromatic rings. The molecule has 1 fully saturated rings. The van der Waals surface area contributed by atoms with E-state index in [0.717, 1.165) is 12.1 Å². The summed E-state index contributed by atoms with van der Waals surface area (Å²) in [6.07, 6.45) is 0.0150. The van der Waals surface area contributed by atoms with Gasteiger partial charge in [0.1, 0.15) is 5.75 Å². The summed E-state index contributed by atoms with van der Waals surface area (Å²) in [5.74, 6) is -1.62. The molecule has 0 bridgehead atoms. The number of nitro groups is 1. The van der Waals surface area contributed by atoms with Crippen LogP contribution >= 0.6 is 0 Å². The van der Waals surface area contributed by atoms with Gasteiger partial charge in [0, 0.05) is 30.4 Å². The molecule has 3 rings (SSSR count). The number of rotatable bonds is 5. The van der Waals surface area contributed by atoms with Crippen LogP contribution in [-0.2, 0) is 9.59 Å². The maximum Gasteiger partial charge on any atom is 0.306 e. The second kappa shape index (κ2) is 7.40. The summed E-state index contributed by atoms with van der Waals surface area (Å²) in [5.41, 5.74) is 0.0205. The van der Waals surface area contributed by atoms with Gasteiger partial charge in [-0.3, -0.25) is 19.7 Å². The summed E-state index contributed by atoms with van der Waals surface area (Å²) in [7, 11) is 1.54. The number of carbonyl (C=O) groups excluding carboxylic acids is 2. The predicted molar refractivity (Wildman–Crippen MR) is 95.1 cm³/mol. The van der Waals surface area contributed by atoms with E-state index in [-0.39, 0.29) is 24.6 Å². The molecule has 2 aromatic carbocycles. The van der Waals surface area contributed by atoms with Gasteiger partial charge in [0.25, 0.3) is 0 Å². The molecular formula is C18H16FN3O5. The minimum atomic E-state index is -0.986. The number of amides is 2. The molecule has 27 heavy (non-hydrogen) atoms. The molecule has 1 atom stereocenters. The summed E-state index contributed by atoms with van der Waals surface area (Å²) in [4.78, 5) is 36.1. The van der Waals surface area contributed by atoms with Crippen molar-refractivity contribution in [2.24, 2.45) is 5.92 Å². The minimum absolute atomic E-state index is 0.0150. The number of ether oxygens (including phenoxy) is 1. The highest BCUT2D eigenvalue weighted by Gasteiger charge is 2.35. The third-order valence-electron chi connectivity index (χ3n) is 4.29. The summed E-state index contributed by atoms with van der Waals surface area (Å²) < 4.78 is 18.5. The molecule has 2 amide bonds. The lowest BCUT2D eigenvalue weighted by molar-refractivity contribution is -0.387. The van der Waals surface area contributed by atoms with E-state index in [1.165, 1.54) is 18.1 Å². The summed E-state index contributed by atoms with van der Waals surface area (Å²) >= 11 is 0. The van der Waals surface area contributed by atoms with Crippen molar-refractivity contribution < 1.29 is 23.6 Å². The van der Waals surface area contributed by atoms with Crippen molar-refractivity contribution in [2.75, 3.05) is 23.9 Å². The fourth-order valence-corrected chi connectivity index (χ4v) is 2.87. The molecule has 8 nitrogen and oxygen atoms in total. The minimum Gasteiger partial charge on any atom is -0.497 e. The number of carbonyl (C=O) groups is 2. The molecule has 1 saturated heterocycles. The van der Waals surface area contributed by atoms with Gasteiger partial charge in [-0.1, -0.05) is 0 Å². The van der Waals surface area contributed by atoms with E-state index in [9.17, 15) is 24.1 Å². The quantitative estimate of drug-likeness (QED) is 0.641. The molecule has 1 heterocycles. The fourth-order valence-electron chi connectivity index (χ4n) is 2.87. The van der Waals surface area contributed by atoms with Crippen LogP contribution in [0.15, 0.2) is 42.5 Å². The molecule has 0 unspecified atom stereocenters. The predicted octanol–water partition coefficient (Wildman–Crippen LogP) is 2.73. The zero-order chi connectivity index (χ0) is 19.6. The van der Waals surface area contributed by atoms with Gasteiger partial charge >= 0.3 is 5.69 Å². The Morgan fingerprint density at radius 3 is 2.63 bits per heavy atom. The highest BCUT2D eigenvalue weighted by molar-refractivity contribution is 6.03. The Morgan fingerprint density at radius 1 is 1.30 bits per heavy atom. The summed E-state index contributed by atoms with van der Waals surface area (Å²) in [6, 6.07) is 9.97. The zero-order valence-corrected chi connectivity index (χ0v) is 14.3. The first-order chi connectivity index (χ1) is 12.9. The first kappa shape index (κ1) is 18.3. The van der Waals surface area contributed by atoms with Gasteiger partial charge in [-0.2, -0.15) is 4.39 Å². The Bertz CT molecular complexity index is 900. The highest BCUT2D eigenvalue weighted by Crippen LogP contribution is 2.28. The van der Waals surface area contributed by atoms with Crippen molar-refractivity contribution in [1.29, 1.82) is 0 Å². The highest BCUT2D eigenvalue weighted by atomic mass is 19.1. The molecule has 1 aliphatic heterocycles. The van der Waals surface area contributed by atoms with Crippen LogP contribution in [0, 0.1) is 21.8 Å². The Balaban J connectivity index is 1.70. The molecule has 0 spiro atoms. The molecule has 0 radical (unpaired) electrons. The van der Waals surface area contributed by atoms with Crippen LogP contribution in [0.5, 0.6) is 5.75 Å². The number of nitrogens with one attached hydrogen (secondary N) is 1. The van der Waals surface area contributed by atoms with Crippen molar-refractivity contribution in [3.8, 4) is 5.75 Å². The van der Waals surface area contributed by atoms with Gasteiger partial charge in [-0.15, -0.1) is 0 Å². The van der Waals surface area contributed by atoms with Gasteiger partial charge < -0.3 is 15.0 Å². The molecule has 0 aliphatic carbocycles. The number of anilines is 2. The average molecular weight is 373 g/mol. The first-order valence-electron chi connectivity index (χ1n) is 8.08. The molecule has 140 valence electrons. The zero-order valence-electron chi connectivity index (χ0n) is 14.3. The van der Waals surface area contributed by atoms with Gasteiger partial charge in [-0.05, 0) is 36.4 Å². The van der Waals surface area contributed by atoms with Crippen LogP contribution in [0.4, 0.5) is 21.5 Å². The maximum absolute atomic E-state index is 13.4. The fraction of sp³-hybridized carbons (Fsp3) is 0.222. The molecular weight excluding hydrogens is 357 g/mol. The van der Waals surface area contributed by atoms with Gasteiger partial charge in [0.05, 0.1) is 18.0 Å². The van der Waals surface area contributed by atoms with E-state index < -0.39 is 28.3 Å². The Morgan fingerprint density at radius 2 is 2.00 bits per heavy atom. The third kappa shape index (κ3) is 3.86. The lowest BCUT2D eigenvalue weighted by Gasteiger charge is -2.17. The topological polar surface area (TPSA) is 102 Å². The molecule has 1 aliphatic rings. The van der Waals surface area contributed by atoms with Crippen molar-refractivity contribution >= 4 is 28.9 Å². The number of methoxy groups -OCH3 is 1. The lowest BCUT2D eigenvalue weighted by Crippen LogP contribution is -2.28. The number of hydrogen-bond acceptors (Lipinski definition) is 5. The van der Waals surface area contributed by atoms with Crippen molar-refractivity contribution in [3.63, 3.8) is 0 Å². The van der Waals surface area contributed by atoms with Gasteiger partial charge in [0.2, 0.25) is 17.6 Å². The lowest BCUT2D eigenvalue weighted by atomic mass is 10.1. The summed E-state index contributed by atoms with van der Waals surface area (Å²) in [6.45, 7) is 0.181. The van der Waals surface area contributed by atoms with Crippen LogP contribution in [0.25, 0.3) is 0 Å². The Kier molecular flexibility index (Phi) is 5.02. The Labute approximate surface area is 153 Å². The molecule has 0 saturated carbocycles. The number of benzene rings is 2. The monoisotopic (exact) mass is 373 g/mol. The normalized spacial score (nSPS) is 16.3. The smallest absolute Gasteiger partial charge is 0.306 e. The Hall–Kier alpha value is -3.49. The largest absolute Gasteiger partial charge is 0.497 e. The van der Waals surface area contributed by atoms with Crippen LogP contribution in [0.1, 0.15) is 6.42 Å². The van der Waals surface area contributed by atoms with E-state index in [1.807, 2.05) is 0 Å². The maximum atomic E-state index is 13.4. The van der Waals surface area contributed by atoms with E-state index in [2.05, 4.69) is 5.32 Å². The van der Waals surface area contributed by atoms with E-state index in [0.29, 0.717) is 11.4 Å². The molecule has 0 aromatic heterocycles. The summed E-state index contributed by atoms with van der Waals surface area (Å²) in [5, 5.41) is 13.3. The van der Waals surface area contributed by atoms with Crippen molar-refractivity contribution in [1.82, 2.24) is 0 Å². The van der Waals surface area contributed by atoms with Crippen LogP contribution in [0.2, 0.25) is 0 Å². The van der Waals surface area contributed by atoms with Crippen LogP contribution in [0.3, 0.4) is 0 Å². The molecule has 9 heteroatoms. The second-order valence-electron chi connectivity index (χ2n) is 6.02. The van der Waals surface area contributed by atoms with E-state index in [1.54, 1.807) is 24.3 Å². The van der Waals surface area contributed by atoms with Gasteiger partial charge in [0.15, 0.2) is 0 Å².